The van der Waals surface area contributed by atoms with Crippen molar-refractivity contribution in [3.05, 3.63) is 58.4 Å². The van der Waals surface area contributed by atoms with Crippen molar-refractivity contribution in [2.75, 3.05) is 6.61 Å². The van der Waals surface area contributed by atoms with Gasteiger partial charge in [0.1, 0.15) is 5.75 Å². The number of aryl methyl sites for hydroxylation is 2. The molecule has 1 heterocycles. The summed E-state index contributed by atoms with van der Waals surface area (Å²) in [6, 6.07) is 13.5. The molecule has 0 aliphatic heterocycles. The number of ether oxygens (including phenoxy) is 1. The lowest BCUT2D eigenvalue weighted by Gasteiger charge is -2.05. The Balaban J connectivity index is 1.87. The summed E-state index contributed by atoms with van der Waals surface area (Å²) in [6.45, 7) is 7.75. The number of aromatic nitrogens is 1. The van der Waals surface area contributed by atoms with Crippen LogP contribution in [0.4, 0.5) is 0 Å². The first-order chi connectivity index (χ1) is 12.6. The number of hydrogen-bond acceptors (Lipinski definition) is 3. The fourth-order valence-corrected chi connectivity index (χ4v) is 3.94. The van der Waals surface area contributed by atoms with E-state index in [0.29, 0.717) is 12.2 Å². The van der Waals surface area contributed by atoms with Crippen LogP contribution in [0, 0.1) is 6.92 Å². The van der Waals surface area contributed by atoms with E-state index in [1.165, 1.54) is 5.56 Å². The molecule has 0 spiro atoms. The van der Waals surface area contributed by atoms with Gasteiger partial charge >= 0.3 is 0 Å². The quantitative estimate of drug-likeness (QED) is 0.578. The summed E-state index contributed by atoms with van der Waals surface area (Å²) in [5.41, 5.74) is 2.90. The van der Waals surface area contributed by atoms with E-state index in [0.717, 1.165) is 40.2 Å². The Bertz CT molecular complexity index is 968. The normalized spacial score (nSPS) is 11.9. The average Bonchev–Trinajstić information content (AvgIpc) is 2.98. The van der Waals surface area contributed by atoms with Crippen molar-refractivity contribution in [3.63, 3.8) is 0 Å². The Morgan fingerprint density at radius 2 is 1.92 bits per heavy atom. The second-order valence-corrected chi connectivity index (χ2v) is 7.25. The number of unbranched alkanes of at least 4 members (excludes halogenated alkanes) is 1. The van der Waals surface area contributed by atoms with Gasteiger partial charge in [0.25, 0.3) is 5.91 Å². The molecule has 0 bridgehead atoms. The third-order valence-electron chi connectivity index (χ3n) is 4.22. The number of carbonyl (C=O) groups excluding carboxylic acids is 1. The van der Waals surface area contributed by atoms with Crippen LogP contribution in [-0.2, 0) is 6.54 Å². The number of fused-ring (bicyclic) bond motifs is 1. The topological polar surface area (TPSA) is 43.6 Å². The van der Waals surface area contributed by atoms with Gasteiger partial charge in [-0.15, -0.1) is 0 Å². The number of rotatable bonds is 6. The van der Waals surface area contributed by atoms with E-state index in [2.05, 4.69) is 48.5 Å². The Morgan fingerprint density at radius 1 is 1.15 bits per heavy atom. The maximum Gasteiger partial charge on any atom is 0.279 e. The molecule has 136 valence electrons. The van der Waals surface area contributed by atoms with Gasteiger partial charge in [0.05, 0.1) is 16.8 Å². The molecular weight excluding hydrogens is 344 g/mol. The van der Waals surface area contributed by atoms with Crippen LogP contribution in [0.15, 0.2) is 47.5 Å². The van der Waals surface area contributed by atoms with Crippen molar-refractivity contribution < 1.29 is 9.53 Å². The van der Waals surface area contributed by atoms with Gasteiger partial charge < -0.3 is 9.30 Å². The van der Waals surface area contributed by atoms with Crippen molar-refractivity contribution >= 4 is 27.5 Å². The van der Waals surface area contributed by atoms with Crippen LogP contribution in [0.25, 0.3) is 10.2 Å². The molecule has 4 nitrogen and oxygen atoms in total. The second kappa shape index (κ2) is 8.32. The summed E-state index contributed by atoms with van der Waals surface area (Å²) in [5.74, 6) is 0.562. The fourth-order valence-electron chi connectivity index (χ4n) is 2.75. The lowest BCUT2D eigenvalue weighted by molar-refractivity contribution is 0.0998. The largest absolute Gasteiger partial charge is 0.494 e. The highest BCUT2D eigenvalue weighted by molar-refractivity contribution is 7.16. The van der Waals surface area contributed by atoms with Crippen molar-refractivity contribution in [2.24, 2.45) is 4.99 Å². The molecular formula is C21H24N2O2S. The molecule has 0 saturated carbocycles. The van der Waals surface area contributed by atoms with E-state index in [9.17, 15) is 4.79 Å². The van der Waals surface area contributed by atoms with E-state index in [1.807, 2.05) is 12.1 Å². The molecule has 0 N–H and O–H groups in total. The van der Waals surface area contributed by atoms with Crippen molar-refractivity contribution in [1.29, 1.82) is 0 Å². The third-order valence-corrected chi connectivity index (χ3v) is 5.26. The molecule has 0 saturated heterocycles. The molecule has 0 aliphatic carbocycles. The molecule has 2 aromatic carbocycles. The third kappa shape index (κ3) is 4.05. The minimum absolute atomic E-state index is 0.226. The van der Waals surface area contributed by atoms with Crippen molar-refractivity contribution in [1.82, 2.24) is 4.57 Å². The molecule has 0 fully saturated rings. The SMILES string of the molecule is CCCCOc1ccc(C(=O)N=c2sc3cc(C)ccc3n2CC)cc1. The second-order valence-electron chi connectivity index (χ2n) is 6.24. The molecule has 1 amide bonds. The average molecular weight is 369 g/mol. The number of hydrogen-bond donors (Lipinski definition) is 0. The van der Waals surface area contributed by atoms with Gasteiger partial charge in [-0.25, -0.2) is 0 Å². The van der Waals surface area contributed by atoms with Crippen LogP contribution in [0.1, 0.15) is 42.6 Å². The Hall–Kier alpha value is -2.40. The highest BCUT2D eigenvalue weighted by Crippen LogP contribution is 2.19. The molecule has 3 rings (SSSR count). The van der Waals surface area contributed by atoms with E-state index in [1.54, 1.807) is 23.5 Å². The predicted octanol–water partition coefficient (Wildman–Crippen LogP) is 4.95. The van der Waals surface area contributed by atoms with Crippen LogP contribution in [0.5, 0.6) is 5.75 Å². The van der Waals surface area contributed by atoms with E-state index in [4.69, 9.17) is 4.74 Å². The lowest BCUT2D eigenvalue weighted by atomic mass is 10.2. The molecule has 0 atom stereocenters. The highest BCUT2D eigenvalue weighted by atomic mass is 32.1. The Labute approximate surface area is 157 Å². The summed E-state index contributed by atoms with van der Waals surface area (Å²) in [4.78, 5) is 17.7. The summed E-state index contributed by atoms with van der Waals surface area (Å²) in [7, 11) is 0. The van der Waals surface area contributed by atoms with Gasteiger partial charge in [-0.3, -0.25) is 4.79 Å². The maximum atomic E-state index is 12.6. The predicted molar refractivity (Wildman–Crippen MR) is 107 cm³/mol. The van der Waals surface area contributed by atoms with Crippen LogP contribution in [0.2, 0.25) is 0 Å². The van der Waals surface area contributed by atoms with Gasteiger partial charge in [0.15, 0.2) is 4.80 Å². The van der Waals surface area contributed by atoms with E-state index in [-0.39, 0.29) is 5.91 Å². The monoisotopic (exact) mass is 368 g/mol. The first-order valence-corrected chi connectivity index (χ1v) is 9.86. The zero-order chi connectivity index (χ0) is 18.5. The molecule has 5 heteroatoms. The molecule has 0 radical (unpaired) electrons. The number of nitrogens with zero attached hydrogens (tertiary/aromatic N) is 2. The summed E-state index contributed by atoms with van der Waals surface area (Å²) in [6.07, 6.45) is 2.13. The summed E-state index contributed by atoms with van der Waals surface area (Å²) < 4.78 is 8.88. The van der Waals surface area contributed by atoms with Gasteiger partial charge in [-0.1, -0.05) is 30.7 Å². The smallest absolute Gasteiger partial charge is 0.279 e. The number of thiazole rings is 1. The summed E-state index contributed by atoms with van der Waals surface area (Å²) in [5, 5.41) is 0. The van der Waals surface area contributed by atoms with Gasteiger partial charge in [-0.05, 0) is 62.2 Å². The lowest BCUT2D eigenvalue weighted by Crippen LogP contribution is -2.15. The molecule has 0 aliphatic rings. The standard InChI is InChI=1S/C21H24N2O2S/c1-4-6-13-25-17-10-8-16(9-11-17)20(24)22-21-23(5-2)18-12-7-15(3)14-19(18)26-21/h7-12,14H,4-6,13H2,1-3H3. The van der Waals surface area contributed by atoms with E-state index < -0.39 is 0 Å². The minimum Gasteiger partial charge on any atom is -0.494 e. The van der Waals surface area contributed by atoms with Crippen LogP contribution >= 0.6 is 11.3 Å². The highest BCUT2D eigenvalue weighted by Gasteiger charge is 2.09. The molecule has 0 unspecified atom stereocenters. The van der Waals surface area contributed by atoms with Crippen molar-refractivity contribution in [2.45, 2.75) is 40.2 Å². The van der Waals surface area contributed by atoms with E-state index >= 15 is 0 Å². The molecule has 26 heavy (non-hydrogen) atoms. The van der Waals surface area contributed by atoms with Crippen LogP contribution < -0.4 is 9.54 Å². The van der Waals surface area contributed by atoms with Gasteiger partial charge in [0, 0.05) is 12.1 Å². The Kier molecular flexibility index (Phi) is 5.89. The Morgan fingerprint density at radius 3 is 2.62 bits per heavy atom. The maximum absolute atomic E-state index is 12.6. The van der Waals surface area contributed by atoms with Gasteiger partial charge in [-0.2, -0.15) is 4.99 Å². The first-order valence-electron chi connectivity index (χ1n) is 9.04. The minimum atomic E-state index is -0.226. The zero-order valence-corrected chi connectivity index (χ0v) is 16.3. The summed E-state index contributed by atoms with van der Waals surface area (Å²) >= 11 is 1.55. The number of benzene rings is 2. The van der Waals surface area contributed by atoms with Crippen molar-refractivity contribution in [3.8, 4) is 5.75 Å². The fraction of sp³-hybridized carbons (Fsp3) is 0.333. The molecule has 1 aromatic heterocycles. The molecule has 3 aromatic rings. The number of amides is 1. The first kappa shape index (κ1) is 18.4. The van der Waals surface area contributed by atoms with Gasteiger partial charge in [0.2, 0.25) is 0 Å². The zero-order valence-electron chi connectivity index (χ0n) is 15.5. The number of carbonyl (C=O) groups is 1. The van der Waals surface area contributed by atoms with Crippen LogP contribution in [-0.4, -0.2) is 17.1 Å². The van der Waals surface area contributed by atoms with Crippen LogP contribution in [0.3, 0.4) is 0 Å².